The number of benzene rings is 1. The molecule has 0 N–H and O–H groups in total. The summed E-state index contributed by atoms with van der Waals surface area (Å²) in [6.45, 7) is 0. The number of pyridine rings is 1. The molecule has 5 heteroatoms. The van der Waals surface area contributed by atoms with Crippen LogP contribution in [0, 0.1) is 17.1 Å². The highest BCUT2D eigenvalue weighted by Crippen LogP contribution is 2.22. The molecular formula is C14H8ClFN2O. The second-order valence-electron chi connectivity index (χ2n) is 3.84. The van der Waals surface area contributed by atoms with Crippen LogP contribution in [-0.2, 0) is 0 Å². The largest absolute Gasteiger partial charge is 0.292 e. The van der Waals surface area contributed by atoms with E-state index in [0.717, 1.165) is 6.07 Å². The molecule has 0 amide bonds. The van der Waals surface area contributed by atoms with Crippen LogP contribution in [0.5, 0.6) is 0 Å². The van der Waals surface area contributed by atoms with E-state index in [-0.39, 0.29) is 10.6 Å². The normalized spacial score (nSPS) is 11.6. The maximum Gasteiger partial charge on any atom is 0.184 e. The molecule has 19 heavy (non-hydrogen) atoms. The topological polar surface area (TPSA) is 53.8 Å². The van der Waals surface area contributed by atoms with Crippen LogP contribution in [0.3, 0.4) is 0 Å². The second-order valence-corrected chi connectivity index (χ2v) is 4.25. The SMILES string of the molecule is N#CC(C(=O)c1ccc(Cl)c(F)c1)c1cccnc1. The Hall–Kier alpha value is -2.25. The van der Waals surface area contributed by atoms with Crippen LogP contribution in [0.25, 0.3) is 0 Å². The molecule has 94 valence electrons. The first-order chi connectivity index (χ1) is 9.13. The minimum Gasteiger partial charge on any atom is -0.292 e. The highest BCUT2D eigenvalue weighted by Gasteiger charge is 2.22. The predicted octanol–water partition coefficient (Wildman–Crippen LogP) is 3.36. The average molecular weight is 275 g/mol. The van der Waals surface area contributed by atoms with Crippen molar-refractivity contribution >= 4 is 17.4 Å². The molecule has 0 aliphatic rings. The van der Waals surface area contributed by atoms with Gasteiger partial charge in [0.15, 0.2) is 5.78 Å². The van der Waals surface area contributed by atoms with E-state index in [0.29, 0.717) is 5.56 Å². The Morgan fingerprint density at radius 1 is 1.42 bits per heavy atom. The van der Waals surface area contributed by atoms with Crippen LogP contribution in [0.1, 0.15) is 21.8 Å². The standard InChI is InChI=1S/C14H8ClFN2O/c15-12-4-3-9(6-13(12)16)14(19)11(7-17)10-2-1-5-18-8-10/h1-6,8,11H. The summed E-state index contributed by atoms with van der Waals surface area (Å²) in [5, 5.41) is 9.05. The summed E-state index contributed by atoms with van der Waals surface area (Å²) in [4.78, 5) is 16.0. The van der Waals surface area contributed by atoms with Gasteiger partial charge in [0, 0.05) is 18.0 Å². The quantitative estimate of drug-likeness (QED) is 0.807. The molecule has 0 aliphatic heterocycles. The van der Waals surface area contributed by atoms with E-state index in [1.807, 2.05) is 6.07 Å². The average Bonchev–Trinajstić information content (AvgIpc) is 2.44. The van der Waals surface area contributed by atoms with E-state index < -0.39 is 17.5 Å². The van der Waals surface area contributed by atoms with Gasteiger partial charge >= 0.3 is 0 Å². The van der Waals surface area contributed by atoms with Crippen molar-refractivity contribution in [3.63, 3.8) is 0 Å². The molecule has 0 aliphatic carbocycles. The van der Waals surface area contributed by atoms with Crippen LogP contribution in [0.15, 0.2) is 42.7 Å². The number of carbonyl (C=O) groups is 1. The molecule has 0 fully saturated rings. The fourth-order valence-corrected chi connectivity index (χ4v) is 1.76. The molecule has 1 atom stereocenters. The molecule has 1 heterocycles. The van der Waals surface area contributed by atoms with Gasteiger partial charge in [-0.25, -0.2) is 4.39 Å². The maximum absolute atomic E-state index is 13.3. The number of ketones is 1. The smallest absolute Gasteiger partial charge is 0.184 e. The lowest BCUT2D eigenvalue weighted by molar-refractivity contribution is 0.0978. The Morgan fingerprint density at radius 3 is 2.79 bits per heavy atom. The van der Waals surface area contributed by atoms with E-state index in [2.05, 4.69) is 4.98 Å². The van der Waals surface area contributed by atoms with Gasteiger partial charge in [0.2, 0.25) is 0 Å². The van der Waals surface area contributed by atoms with Gasteiger partial charge < -0.3 is 0 Å². The summed E-state index contributed by atoms with van der Waals surface area (Å²) in [7, 11) is 0. The summed E-state index contributed by atoms with van der Waals surface area (Å²) in [5.74, 6) is -2.17. The molecule has 2 aromatic rings. The molecular weight excluding hydrogens is 267 g/mol. The van der Waals surface area contributed by atoms with Gasteiger partial charge in [0.05, 0.1) is 11.1 Å². The van der Waals surface area contributed by atoms with Gasteiger partial charge in [-0.2, -0.15) is 5.26 Å². The summed E-state index contributed by atoms with van der Waals surface area (Å²) in [5.41, 5.74) is 0.586. The van der Waals surface area contributed by atoms with Gasteiger partial charge in [-0.3, -0.25) is 9.78 Å². The summed E-state index contributed by atoms with van der Waals surface area (Å²) < 4.78 is 13.3. The Bertz CT molecular complexity index is 652. The van der Waals surface area contributed by atoms with Crippen molar-refractivity contribution in [2.24, 2.45) is 0 Å². The van der Waals surface area contributed by atoms with E-state index in [4.69, 9.17) is 16.9 Å². The van der Waals surface area contributed by atoms with Crippen LogP contribution in [0.4, 0.5) is 4.39 Å². The summed E-state index contributed by atoms with van der Waals surface area (Å²) >= 11 is 5.55. The zero-order chi connectivity index (χ0) is 13.8. The van der Waals surface area contributed by atoms with Crippen molar-refractivity contribution in [2.45, 2.75) is 5.92 Å². The minimum atomic E-state index is -1.01. The number of hydrogen-bond donors (Lipinski definition) is 0. The first-order valence-electron chi connectivity index (χ1n) is 5.42. The number of nitriles is 1. The fraction of sp³-hybridized carbons (Fsp3) is 0.0714. The number of carbonyl (C=O) groups excluding carboxylic acids is 1. The molecule has 0 saturated heterocycles. The molecule has 0 saturated carbocycles. The third-order valence-electron chi connectivity index (χ3n) is 2.61. The second kappa shape index (κ2) is 5.59. The molecule has 2 rings (SSSR count). The van der Waals surface area contributed by atoms with Crippen molar-refractivity contribution in [1.82, 2.24) is 4.98 Å². The fourth-order valence-electron chi connectivity index (χ4n) is 1.65. The van der Waals surface area contributed by atoms with E-state index in [1.165, 1.54) is 18.3 Å². The first kappa shape index (κ1) is 13.2. The number of aromatic nitrogens is 1. The van der Waals surface area contributed by atoms with Crippen molar-refractivity contribution in [3.8, 4) is 6.07 Å². The maximum atomic E-state index is 13.3. The third-order valence-corrected chi connectivity index (χ3v) is 2.92. The zero-order valence-corrected chi connectivity index (χ0v) is 10.4. The monoisotopic (exact) mass is 274 g/mol. The van der Waals surface area contributed by atoms with Gasteiger partial charge in [0.25, 0.3) is 0 Å². The Kier molecular flexibility index (Phi) is 3.88. The molecule has 0 bridgehead atoms. The summed E-state index contributed by atoms with van der Waals surface area (Å²) in [6.07, 6.45) is 2.99. The zero-order valence-electron chi connectivity index (χ0n) is 9.68. The molecule has 1 aromatic heterocycles. The van der Waals surface area contributed by atoms with Crippen molar-refractivity contribution in [1.29, 1.82) is 5.26 Å². The van der Waals surface area contributed by atoms with Gasteiger partial charge in [-0.15, -0.1) is 0 Å². The number of rotatable bonds is 3. The Labute approximate surface area is 114 Å². The van der Waals surface area contributed by atoms with Crippen LogP contribution in [0.2, 0.25) is 5.02 Å². The van der Waals surface area contributed by atoms with Crippen molar-refractivity contribution < 1.29 is 9.18 Å². The highest BCUT2D eigenvalue weighted by atomic mass is 35.5. The van der Waals surface area contributed by atoms with E-state index in [1.54, 1.807) is 18.3 Å². The lowest BCUT2D eigenvalue weighted by Crippen LogP contribution is -2.11. The van der Waals surface area contributed by atoms with Crippen LogP contribution < -0.4 is 0 Å². The molecule has 1 aromatic carbocycles. The highest BCUT2D eigenvalue weighted by molar-refractivity contribution is 6.30. The van der Waals surface area contributed by atoms with Gasteiger partial charge in [0.1, 0.15) is 11.7 Å². The number of hydrogen-bond acceptors (Lipinski definition) is 3. The molecule has 1 unspecified atom stereocenters. The molecule has 0 radical (unpaired) electrons. The van der Waals surface area contributed by atoms with Gasteiger partial charge in [-0.05, 0) is 29.8 Å². The van der Waals surface area contributed by atoms with Crippen LogP contribution in [-0.4, -0.2) is 10.8 Å². The Morgan fingerprint density at radius 2 is 2.21 bits per heavy atom. The first-order valence-corrected chi connectivity index (χ1v) is 5.80. The van der Waals surface area contributed by atoms with Gasteiger partial charge in [-0.1, -0.05) is 17.7 Å². The van der Waals surface area contributed by atoms with E-state index >= 15 is 0 Å². The summed E-state index contributed by atoms with van der Waals surface area (Å²) in [6, 6.07) is 8.89. The minimum absolute atomic E-state index is 0.0635. The van der Waals surface area contributed by atoms with Crippen LogP contribution >= 0.6 is 11.6 Å². The molecule has 0 spiro atoms. The number of nitrogens with zero attached hydrogens (tertiary/aromatic N) is 2. The van der Waals surface area contributed by atoms with E-state index in [9.17, 15) is 9.18 Å². The third kappa shape index (κ3) is 2.78. The lowest BCUT2D eigenvalue weighted by atomic mass is 9.93. The van der Waals surface area contributed by atoms with Crippen molar-refractivity contribution in [3.05, 3.63) is 64.7 Å². The molecule has 3 nitrogen and oxygen atoms in total. The Balaban J connectivity index is 2.37. The predicted molar refractivity (Wildman–Crippen MR) is 68.3 cm³/mol. The van der Waals surface area contributed by atoms with Crippen molar-refractivity contribution in [2.75, 3.05) is 0 Å². The number of Topliss-reactive ketones (excluding diaryl/α,β-unsaturated/α-hetero) is 1. The number of halogens is 2. The lowest BCUT2D eigenvalue weighted by Gasteiger charge is -2.08.